The first kappa shape index (κ1) is 32.6. The van der Waals surface area contributed by atoms with Crippen molar-refractivity contribution in [2.45, 2.75) is 122 Å². The lowest BCUT2D eigenvalue weighted by atomic mass is 9.48. The van der Waals surface area contributed by atoms with E-state index < -0.39 is 6.10 Å². The minimum absolute atomic E-state index is 0.0495. The maximum absolute atomic E-state index is 14.6. The number of rotatable bonds is 9. The topological polar surface area (TPSA) is 101 Å². The van der Waals surface area contributed by atoms with Gasteiger partial charge in [-0.2, -0.15) is 5.10 Å². The third-order valence-electron chi connectivity index (χ3n) is 12.9. The van der Waals surface area contributed by atoms with Gasteiger partial charge >= 0.3 is 6.09 Å². The fraction of sp³-hybridized carbons (Fsp3) is 0.737. The van der Waals surface area contributed by atoms with Crippen molar-refractivity contribution in [2.75, 3.05) is 31.1 Å². The number of β-amino-alcohol motifs (C(OH)–C–C–N with tert-alkyl or cyclic N) is 1. The molecule has 8 rings (SSSR count). The third-order valence-corrected chi connectivity index (χ3v) is 12.9. The Hall–Kier alpha value is -2.94. The van der Waals surface area contributed by atoms with Crippen LogP contribution in [0.2, 0.25) is 0 Å². The first-order valence-electron chi connectivity index (χ1n) is 18.6. The molecule has 5 aliphatic carbocycles. The second-order valence-electron chi connectivity index (χ2n) is 16.2. The summed E-state index contributed by atoms with van der Waals surface area (Å²) in [6, 6.07) is 4.41. The standard InChI is InChI=1S/C38H55N5O4/c1-27(2)43-22-31(21-40-43)30-12-19-39-34(20-30)42(26-37-13-16-38(17-14-37,18-15-37)32-6-4-3-5-7-32)35(45)29-10-8-28(9-11-29)25-47-36(46)41-23-33(44)24-41/h12,19-22,27-29,32-33,44H,3-11,13-18,23-26H2,1-2H3. The minimum atomic E-state index is -0.430. The summed E-state index contributed by atoms with van der Waals surface area (Å²) in [6.45, 7) is 6.11. The number of anilines is 1. The minimum Gasteiger partial charge on any atom is -0.449 e. The van der Waals surface area contributed by atoms with Crippen LogP contribution in [-0.2, 0) is 9.53 Å². The normalized spacial score (nSPS) is 29.9. The molecule has 6 aliphatic rings. The molecule has 3 heterocycles. The zero-order valence-electron chi connectivity index (χ0n) is 28.6. The summed E-state index contributed by atoms with van der Waals surface area (Å²) in [5.41, 5.74) is 2.80. The lowest BCUT2D eigenvalue weighted by Gasteiger charge is -2.58. The van der Waals surface area contributed by atoms with Gasteiger partial charge in [0.05, 0.1) is 32.0 Å². The maximum atomic E-state index is 14.6. The van der Waals surface area contributed by atoms with E-state index in [2.05, 4.69) is 36.1 Å². The van der Waals surface area contributed by atoms with Crippen molar-refractivity contribution in [1.29, 1.82) is 0 Å². The van der Waals surface area contributed by atoms with Crippen molar-refractivity contribution in [1.82, 2.24) is 19.7 Å². The fourth-order valence-corrected chi connectivity index (χ4v) is 9.66. The molecule has 0 spiro atoms. The van der Waals surface area contributed by atoms with Crippen molar-refractivity contribution < 1.29 is 19.4 Å². The molecule has 2 aromatic heterocycles. The number of fused-ring (bicyclic) bond motifs is 3. The van der Waals surface area contributed by atoms with E-state index in [1.165, 1.54) is 70.6 Å². The number of aliphatic hydroxyl groups is 1. The van der Waals surface area contributed by atoms with E-state index in [9.17, 15) is 14.7 Å². The van der Waals surface area contributed by atoms with E-state index in [1.807, 2.05) is 23.1 Å². The number of carbonyl (C=O) groups excluding carboxylic acids is 2. The molecule has 47 heavy (non-hydrogen) atoms. The van der Waals surface area contributed by atoms with Crippen LogP contribution in [0.3, 0.4) is 0 Å². The monoisotopic (exact) mass is 645 g/mol. The first-order valence-corrected chi connectivity index (χ1v) is 18.6. The van der Waals surface area contributed by atoms with Crippen molar-refractivity contribution in [3.63, 3.8) is 0 Å². The van der Waals surface area contributed by atoms with E-state index in [-0.39, 0.29) is 35.3 Å². The summed E-state index contributed by atoms with van der Waals surface area (Å²) in [5, 5.41) is 14.1. The molecule has 0 unspecified atom stereocenters. The number of amides is 2. The number of hydrogen-bond donors (Lipinski definition) is 1. The van der Waals surface area contributed by atoms with Crippen molar-refractivity contribution >= 4 is 17.8 Å². The van der Waals surface area contributed by atoms with Crippen molar-refractivity contribution in [3.05, 3.63) is 30.7 Å². The van der Waals surface area contributed by atoms with Gasteiger partial charge in [0.2, 0.25) is 5.91 Å². The van der Waals surface area contributed by atoms with Gasteiger partial charge in [0, 0.05) is 36.5 Å². The van der Waals surface area contributed by atoms with Gasteiger partial charge in [-0.3, -0.25) is 14.4 Å². The molecule has 9 heteroatoms. The number of hydrogen-bond acceptors (Lipinski definition) is 6. The molecular formula is C38H55N5O4. The molecule has 2 aromatic rings. The van der Waals surface area contributed by atoms with E-state index in [0.717, 1.165) is 55.1 Å². The third kappa shape index (κ3) is 6.83. The van der Waals surface area contributed by atoms with Crippen LogP contribution in [0.5, 0.6) is 0 Å². The Bertz CT molecular complexity index is 1380. The molecule has 2 amide bonds. The number of ether oxygens (including phenoxy) is 1. The summed E-state index contributed by atoms with van der Waals surface area (Å²) in [6.07, 6.45) is 23.1. The van der Waals surface area contributed by atoms with Crippen LogP contribution < -0.4 is 4.90 Å². The van der Waals surface area contributed by atoms with E-state index in [1.54, 1.807) is 4.90 Å². The van der Waals surface area contributed by atoms with Gasteiger partial charge < -0.3 is 14.7 Å². The molecule has 0 radical (unpaired) electrons. The number of nitrogens with zero attached hydrogens (tertiary/aromatic N) is 5. The van der Waals surface area contributed by atoms with E-state index in [4.69, 9.17) is 9.72 Å². The maximum Gasteiger partial charge on any atom is 0.409 e. The highest BCUT2D eigenvalue weighted by Gasteiger charge is 2.52. The molecule has 9 nitrogen and oxygen atoms in total. The Morgan fingerprint density at radius 2 is 1.68 bits per heavy atom. The highest BCUT2D eigenvalue weighted by atomic mass is 16.6. The number of aliphatic hydroxyl groups excluding tert-OH is 1. The predicted molar refractivity (Wildman–Crippen MR) is 182 cm³/mol. The lowest BCUT2D eigenvalue weighted by molar-refractivity contribution is -0.125. The van der Waals surface area contributed by atoms with Crippen LogP contribution >= 0.6 is 0 Å². The van der Waals surface area contributed by atoms with Crippen LogP contribution in [0.25, 0.3) is 11.1 Å². The quantitative estimate of drug-likeness (QED) is 0.305. The highest BCUT2D eigenvalue weighted by Crippen LogP contribution is 2.62. The molecule has 6 fully saturated rings. The second kappa shape index (κ2) is 13.5. The number of carbonyl (C=O) groups is 2. The fourth-order valence-electron chi connectivity index (χ4n) is 9.66. The zero-order valence-corrected chi connectivity index (χ0v) is 28.6. The Labute approximate surface area is 280 Å². The van der Waals surface area contributed by atoms with Crippen molar-refractivity contribution in [3.8, 4) is 11.1 Å². The molecule has 1 saturated heterocycles. The van der Waals surface area contributed by atoms with Gasteiger partial charge in [0.15, 0.2) is 0 Å². The SMILES string of the molecule is CC(C)n1cc(-c2ccnc(N(CC34CCC(C5CCCCC5)(CC3)CC4)C(=O)C3CCC(COC(=O)N4CC(O)C4)CC3)c2)cn1. The summed E-state index contributed by atoms with van der Waals surface area (Å²) < 4.78 is 7.54. The summed E-state index contributed by atoms with van der Waals surface area (Å²) in [5.74, 6) is 2.10. The molecule has 256 valence electrons. The van der Waals surface area contributed by atoms with Crippen LogP contribution in [0.15, 0.2) is 30.7 Å². The van der Waals surface area contributed by atoms with Crippen molar-refractivity contribution in [2.24, 2.45) is 28.6 Å². The number of pyridine rings is 1. The summed E-state index contributed by atoms with van der Waals surface area (Å²) >= 11 is 0. The van der Waals surface area contributed by atoms with E-state index in [0.29, 0.717) is 25.1 Å². The van der Waals surface area contributed by atoms with Gasteiger partial charge in [-0.1, -0.05) is 19.3 Å². The van der Waals surface area contributed by atoms with Gasteiger partial charge in [-0.15, -0.1) is 0 Å². The van der Waals surface area contributed by atoms with Crippen LogP contribution in [0.4, 0.5) is 10.6 Å². The Morgan fingerprint density at radius 1 is 0.979 bits per heavy atom. The van der Waals surface area contributed by atoms with Crippen LogP contribution in [0, 0.1) is 28.6 Å². The Morgan fingerprint density at radius 3 is 2.32 bits per heavy atom. The largest absolute Gasteiger partial charge is 0.449 e. The van der Waals surface area contributed by atoms with Crippen LogP contribution in [0.1, 0.15) is 116 Å². The summed E-state index contributed by atoms with van der Waals surface area (Å²) in [7, 11) is 0. The second-order valence-corrected chi connectivity index (χ2v) is 16.2. The highest BCUT2D eigenvalue weighted by molar-refractivity contribution is 5.95. The average molecular weight is 646 g/mol. The van der Waals surface area contributed by atoms with Gasteiger partial charge in [0.1, 0.15) is 5.82 Å². The Kier molecular flexibility index (Phi) is 9.38. The smallest absolute Gasteiger partial charge is 0.409 e. The zero-order chi connectivity index (χ0) is 32.6. The average Bonchev–Trinajstić information content (AvgIpc) is 3.61. The Balaban J connectivity index is 1.06. The first-order chi connectivity index (χ1) is 22.7. The predicted octanol–water partition coefficient (Wildman–Crippen LogP) is 7.40. The molecule has 0 atom stereocenters. The van der Waals surface area contributed by atoms with E-state index >= 15 is 0 Å². The molecule has 0 aromatic carbocycles. The lowest BCUT2D eigenvalue weighted by Crippen LogP contribution is -2.53. The van der Waals surface area contributed by atoms with Gasteiger partial charge in [-0.05, 0) is 131 Å². The van der Waals surface area contributed by atoms with Gasteiger partial charge in [0.25, 0.3) is 0 Å². The molecule has 1 N–H and O–H groups in total. The molecule has 2 bridgehead atoms. The van der Waals surface area contributed by atoms with Crippen LogP contribution in [-0.4, -0.2) is 69.1 Å². The number of likely N-dealkylation sites (tertiary alicyclic amines) is 1. The molecular weight excluding hydrogens is 590 g/mol. The van der Waals surface area contributed by atoms with Gasteiger partial charge in [-0.25, -0.2) is 9.78 Å². The summed E-state index contributed by atoms with van der Waals surface area (Å²) in [4.78, 5) is 35.3. The number of aromatic nitrogens is 3. The molecule has 5 saturated carbocycles. The molecule has 1 aliphatic heterocycles.